The second-order valence-electron chi connectivity index (χ2n) is 6.35. The molecule has 0 aliphatic heterocycles. The zero-order valence-corrected chi connectivity index (χ0v) is 17.3. The van der Waals surface area contributed by atoms with Crippen LogP contribution < -0.4 is 20.1 Å². The molecule has 9 nitrogen and oxygen atoms in total. The molecular formula is C22H21N5O4. The highest BCUT2D eigenvalue weighted by Gasteiger charge is 2.10. The molecule has 0 saturated heterocycles. The molecule has 1 amide bonds. The quantitative estimate of drug-likeness (QED) is 0.571. The molecule has 3 rings (SSSR count). The lowest BCUT2D eigenvalue weighted by Gasteiger charge is -2.12. The van der Waals surface area contributed by atoms with Crippen molar-refractivity contribution in [2.45, 2.75) is 0 Å². The van der Waals surface area contributed by atoms with Gasteiger partial charge in [-0.2, -0.15) is 5.26 Å². The van der Waals surface area contributed by atoms with Crippen LogP contribution in [0, 0.1) is 11.3 Å². The van der Waals surface area contributed by atoms with Crippen molar-refractivity contribution in [2.75, 3.05) is 38.6 Å². The van der Waals surface area contributed by atoms with Gasteiger partial charge in [0.15, 0.2) is 0 Å². The number of nitrogens with zero attached hydrogens (tertiary/aromatic N) is 3. The summed E-state index contributed by atoms with van der Waals surface area (Å²) < 4.78 is 15.3. The summed E-state index contributed by atoms with van der Waals surface area (Å²) in [4.78, 5) is 20.6. The highest BCUT2D eigenvalue weighted by atomic mass is 16.5. The van der Waals surface area contributed by atoms with Crippen molar-refractivity contribution >= 4 is 23.2 Å². The van der Waals surface area contributed by atoms with Crippen molar-refractivity contribution < 1.29 is 19.0 Å². The Balaban J connectivity index is 1.87. The van der Waals surface area contributed by atoms with Gasteiger partial charge in [0, 0.05) is 42.4 Å². The molecular weight excluding hydrogens is 398 g/mol. The van der Waals surface area contributed by atoms with Crippen molar-refractivity contribution in [3.8, 4) is 28.8 Å². The first kappa shape index (κ1) is 21.5. The van der Waals surface area contributed by atoms with Gasteiger partial charge in [0.2, 0.25) is 11.9 Å². The van der Waals surface area contributed by atoms with Gasteiger partial charge in [-0.15, -0.1) is 0 Å². The minimum atomic E-state index is -0.284. The van der Waals surface area contributed by atoms with Gasteiger partial charge in [-0.05, 0) is 30.3 Å². The van der Waals surface area contributed by atoms with E-state index in [4.69, 9.17) is 14.2 Å². The molecule has 31 heavy (non-hydrogen) atoms. The van der Waals surface area contributed by atoms with E-state index in [1.807, 2.05) is 6.07 Å². The number of aromatic nitrogens is 2. The lowest BCUT2D eigenvalue weighted by atomic mass is 10.1. The molecule has 158 valence electrons. The lowest BCUT2D eigenvalue weighted by Crippen LogP contribution is -2.17. The smallest absolute Gasteiger partial charge is 0.250 e. The monoisotopic (exact) mass is 419 g/mol. The van der Waals surface area contributed by atoms with E-state index in [1.54, 1.807) is 42.6 Å². The third-order valence-electron chi connectivity index (χ3n) is 4.23. The maximum atomic E-state index is 11.8. The van der Waals surface area contributed by atoms with Crippen molar-refractivity contribution in [2.24, 2.45) is 0 Å². The van der Waals surface area contributed by atoms with Gasteiger partial charge in [0.25, 0.3) is 0 Å². The third kappa shape index (κ3) is 5.46. The van der Waals surface area contributed by atoms with E-state index in [1.165, 1.54) is 21.3 Å². The van der Waals surface area contributed by atoms with Crippen LogP contribution in [0.4, 0.5) is 17.3 Å². The van der Waals surface area contributed by atoms with Crippen molar-refractivity contribution in [1.82, 2.24) is 9.97 Å². The van der Waals surface area contributed by atoms with E-state index in [0.29, 0.717) is 40.1 Å². The van der Waals surface area contributed by atoms with Crippen LogP contribution in [0.1, 0.15) is 5.56 Å². The summed E-state index contributed by atoms with van der Waals surface area (Å²) in [7, 11) is 4.50. The fourth-order valence-electron chi connectivity index (χ4n) is 2.85. The van der Waals surface area contributed by atoms with Gasteiger partial charge in [-0.1, -0.05) is 0 Å². The number of amides is 1. The summed E-state index contributed by atoms with van der Waals surface area (Å²) in [5, 5.41) is 15.2. The Morgan fingerprint density at radius 3 is 2.58 bits per heavy atom. The molecule has 2 aromatic carbocycles. The Morgan fingerprint density at radius 1 is 1.06 bits per heavy atom. The standard InChI is InChI=1S/C22H21N5O4/c1-29-13-21(28)25-16-9-17(11-18(10-16)30-2)26-22-24-7-6-19(27-22)14-4-5-20(31-3)15(8-14)12-23/h4-11H,13H2,1-3H3,(H,25,28)(H,24,26,27). The number of rotatable bonds is 8. The second-order valence-corrected chi connectivity index (χ2v) is 6.35. The van der Waals surface area contributed by atoms with Gasteiger partial charge in [-0.3, -0.25) is 4.79 Å². The van der Waals surface area contributed by atoms with Gasteiger partial charge in [-0.25, -0.2) is 9.97 Å². The molecule has 0 aliphatic carbocycles. The first-order valence-electron chi connectivity index (χ1n) is 9.22. The van der Waals surface area contributed by atoms with Crippen LogP contribution in [0.25, 0.3) is 11.3 Å². The Labute approximate surface area is 179 Å². The number of ether oxygens (including phenoxy) is 3. The summed E-state index contributed by atoms with van der Waals surface area (Å²) >= 11 is 0. The number of anilines is 3. The molecule has 0 saturated carbocycles. The van der Waals surface area contributed by atoms with E-state index in [0.717, 1.165) is 5.56 Å². The van der Waals surface area contributed by atoms with Gasteiger partial charge in [0.1, 0.15) is 24.2 Å². The Hall–Kier alpha value is -4.16. The summed E-state index contributed by atoms with van der Waals surface area (Å²) in [5.74, 6) is 1.10. The van der Waals surface area contributed by atoms with Crippen molar-refractivity contribution in [3.05, 3.63) is 54.2 Å². The molecule has 1 aromatic heterocycles. The van der Waals surface area contributed by atoms with E-state index in [9.17, 15) is 10.1 Å². The predicted octanol–water partition coefficient (Wildman–Crippen LogP) is 3.36. The molecule has 9 heteroatoms. The summed E-state index contributed by atoms with van der Waals surface area (Å²) in [6.07, 6.45) is 1.61. The Morgan fingerprint density at radius 2 is 1.87 bits per heavy atom. The number of benzene rings is 2. The molecule has 0 unspecified atom stereocenters. The lowest BCUT2D eigenvalue weighted by molar-refractivity contribution is -0.119. The first-order valence-corrected chi connectivity index (χ1v) is 9.22. The zero-order chi connectivity index (χ0) is 22.2. The molecule has 0 fully saturated rings. The number of methoxy groups -OCH3 is 3. The van der Waals surface area contributed by atoms with Crippen LogP contribution in [-0.4, -0.2) is 43.8 Å². The van der Waals surface area contributed by atoms with Crippen LogP contribution in [0.2, 0.25) is 0 Å². The van der Waals surface area contributed by atoms with Gasteiger partial charge >= 0.3 is 0 Å². The summed E-state index contributed by atoms with van der Waals surface area (Å²) in [6, 6.07) is 14.3. The topological polar surface area (TPSA) is 118 Å². The predicted molar refractivity (Wildman–Crippen MR) is 116 cm³/mol. The third-order valence-corrected chi connectivity index (χ3v) is 4.23. The average Bonchev–Trinajstić information content (AvgIpc) is 2.78. The Bertz CT molecular complexity index is 1130. The zero-order valence-electron chi connectivity index (χ0n) is 17.3. The maximum absolute atomic E-state index is 11.8. The summed E-state index contributed by atoms with van der Waals surface area (Å²) in [6.45, 7) is -0.0579. The normalized spacial score (nSPS) is 10.1. The number of hydrogen-bond acceptors (Lipinski definition) is 8. The van der Waals surface area contributed by atoms with Crippen LogP contribution in [0.5, 0.6) is 11.5 Å². The van der Waals surface area contributed by atoms with E-state index in [-0.39, 0.29) is 12.5 Å². The van der Waals surface area contributed by atoms with Crippen LogP contribution in [0.15, 0.2) is 48.7 Å². The van der Waals surface area contributed by atoms with E-state index >= 15 is 0 Å². The highest BCUT2D eigenvalue weighted by molar-refractivity contribution is 5.92. The number of hydrogen-bond donors (Lipinski definition) is 2. The molecule has 0 bridgehead atoms. The molecule has 0 atom stereocenters. The fraction of sp³-hybridized carbons (Fsp3) is 0.182. The average molecular weight is 419 g/mol. The van der Waals surface area contributed by atoms with Crippen molar-refractivity contribution in [3.63, 3.8) is 0 Å². The molecule has 1 heterocycles. The largest absolute Gasteiger partial charge is 0.497 e. The van der Waals surface area contributed by atoms with E-state index < -0.39 is 0 Å². The van der Waals surface area contributed by atoms with Gasteiger partial charge in [0.05, 0.1) is 25.5 Å². The number of nitrogens with one attached hydrogen (secondary N) is 2. The fourth-order valence-corrected chi connectivity index (χ4v) is 2.85. The SMILES string of the molecule is COCC(=O)Nc1cc(Nc2nccc(-c3ccc(OC)c(C#N)c3)n2)cc(OC)c1. The maximum Gasteiger partial charge on any atom is 0.250 e. The first-order chi connectivity index (χ1) is 15.1. The van der Waals surface area contributed by atoms with Crippen LogP contribution in [-0.2, 0) is 9.53 Å². The summed E-state index contributed by atoms with van der Waals surface area (Å²) in [5.41, 5.74) is 2.96. The number of carbonyl (C=O) groups is 1. The minimum Gasteiger partial charge on any atom is -0.497 e. The minimum absolute atomic E-state index is 0.0579. The van der Waals surface area contributed by atoms with Gasteiger partial charge < -0.3 is 24.8 Å². The second kappa shape index (κ2) is 10.0. The highest BCUT2D eigenvalue weighted by Crippen LogP contribution is 2.28. The molecule has 0 radical (unpaired) electrons. The van der Waals surface area contributed by atoms with Crippen LogP contribution >= 0.6 is 0 Å². The molecule has 2 N–H and O–H groups in total. The molecule has 0 aliphatic rings. The molecule has 3 aromatic rings. The van der Waals surface area contributed by atoms with Crippen LogP contribution in [0.3, 0.4) is 0 Å². The number of carbonyl (C=O) groups excluding carboxylic acids is 1. The number of nitriles is 1. The Kier molecular flexibility index (Phi) is 6.98. The molecule has 0 spiro atoms. The van der Waals surface area contributed by atoms with Crippen molar-refractivity contribution in [1.29, 1.82) is 5.26 Å². The van der Waals surface area contributed by atoms with E-state index in [2.05, 4.69) is 26.7 Å².